The molecule has 0 fully saturated rings. The first kappa shape index (κ1) is 17.8. The number of benzene rings is 1. The maximum absolute atomic E-state index is 13.4. The van der Waals surface area contributed by atoms with Crippen LogP contribution in [0.15, 0.2) is 42.6 Å². The highest BCUT2D eigenvalue weighted by Gasteiger charge is 2.22. The summed E-state index contributed by atoms with van der Waals surface area (Å²) in [6, 6.07) is 8.35. The van der Waals surface area contributed by atoms with Crippen molar-refractivity contribution in [2.75, 3.05) is 22.4 Å². The predicted molar refractivity (Wildman–Crippen MR) is 94.9 cm³/mol. The summed E-state index contributed by atoms with van der Waals surface area (Å²) in [4.78, 5) is 16.6. The maximum atomic E-state index is 13.4. The summed E-state index contributed by atoms with van der Waals surface area (Å²) in [6.07, 6.45) is 2.63. The normalized spacial score (nSPS) is 11.5. The van der Waals surface area contributed by atoms with Crippen LogP contribution in [0.2, 0.25) is 0 Å². The lowest BCUT2D eigenvalue weighted by molar-refractivity contribution is -0.114. The molecule has 0 bridgehead atoms. The highest BCUT2D eigenvalue weighted by Crippen LogP contribution is 2.19. The highest BCUT2D eigenvalue weighted by atomic mass is 32.2. The van der Waals surface area contributed by atoms with Crippen LogP contribution in [0.1, 0.15) is 5.82 Å². The van der Waals surface area contributed by atoms with E-state index in [1.54, 1.807) is 25.3 Å². The third-order valence-corrected chi connectivity index (χ3v) is 4.67. The maximum Gasteiger partial charge on any atom is 0.245 e. The number of rotatable bonds is 5. The van der Waals surface area contributed by atoms with Gasteiger partial charge in [0, 0.05) is 6.20 Å². The van der Waals surface area contributed by atoms with Crippen LogP contribution in [-0.2, 0) is 14.8 Å². The number of carbonyl (C=O) groups excluding carboxylic acids is 1. The van der Waals surface area contributed by atoms with Crippen LogP contribution in [0.3, 0.4) is 0 Å². The number of anilines is 2. The average Bonchev–Trinajstić information content (AvgIpc) is 2.93. The zero-order chi connectivity index (χ0) is 18.9. The minimum absolute atomic E-state index is 0.0687. The van der Waals surface area contributed by atoms with Crippen LogP contribution in [-0.4, -0.2) is 41.7 Å². The number of hydrogen-bond acceptors (Lipinski definition) is 5. The molecule has 0 saturated heterocycles. The summed E-state index contributed by atoms with van der Waals surface area (Å²) in [5, 5.41) is 6.77. The van der Waals surface area contributed by atoms with Crippen molar-refractivity contribution in [2.24, 2.45) is 0 Å². The highest BCUT2D eigenvalue weighted by molar-refractivity contribution is 7.92. The van der Waals surface area contributed by atoms with E-state index in [1.165, 1.54) is 22.7 Å². The Labute approximate surface area is 149 Å². The van der Waals surface area contributed by atoms with Gasteiger partial charge in [-0.15, -0.1) is 0 Å². The lowest BCUT2D eigenvalue weighted by atomic mass is 10.3. The molecule has 1 amide bonds. The Morgan fingerprint density at radius 1 is 1.31 bits per heavy atom. The van der Waals surface area contributed by atoms with Gasteiger partial charge in [-0.3, -0.25) is 9.10 Å². The molecule has 136 valence electrons. The molecule has 2 aromatic heterocycles. The van der Waals surface area contributed by atoms with Crippen LogP contribution in [0.25, 0.3) is 5.65 Å². The second-order valence-electron chi connectivity index (χ2n) is 5.65. The Hall–Kier alpha value is -3.01. The Morgan fingerprint density at radius 2 is 2.08 bits per heavy atom. The van der Waals surface area contributed by atoms with Gasteiger partial charge in [0.25, 0.3) is 0 Å². The fourth-order valence-electron chi connectivity index (χ4n) is 2.46. The van der Waals surface area contributed by atoms with Crippen molar-refractivity contribution in [2.45, 2.75) is 6.92 Å². The van der Waals surface area contributed by atoms with Crippen molar-refractivity contribution in [1.29, 1.82) is 0 Å². The fourth-order valence-corrected chi connectivity index (χ4v) is 3.31. The van der Waals surface area contributed by atoms with Gasteiger partial charge in [0.2, 0.25) is 15.9 Å². The molecule has 3 rings (SSSR count). The molecule has 0 aliphatic rings. The molecule has 1 aromatic carbocycles. The van der Waals surface area contributed by atoms with Gasteiger partial charge in [0.05, 0.1) is 17.6 Å². The summed E-state index contributed by atoms with van der Waals surface area (Å²) in [5.74, 6) is -0.655. The summed E-state index contributed by atoms with van der Waals surface area (Å²) in [5.41, 5.74) is 0.903. The number of amides is 1. The van der Waals surface area contributed by atoms with Gasteiger partial charge in [-0.1, -0.05) is 6.07 Å². The third kappa shape index (κ3) is 3.80. The molecule has 2 heterocycles. The van der Waals surface area contributed by atoms with Crippen molar-refractivity contribution in [3.8, 4) is 0 Å². The number of hydrogen-bond donors (Lipinski definition) is 1. The molecule has 26 heavy (non-hydrogen) atoms. The van der Waals surface area contributed by atoms with Gasteiger partial charge < -0.3 is 5.32 Å². The number of nitrogens with one attached hydrogen (secondary N) is 1. The van der Waals surface area contributed by atoms with E-state index in [4.69, 9.17) is 0 Å². The second-order valence-corrected chi connectivity index (χ2v) is 7.55. The first-order valence-corrected chi connectivity index (χ1v) is 9.44. The Balaban J connectivity index is 1.86. The second kappa shape index (κ2) is 6.71. The summed E-state index contributed by atoms with van der Waals surface area (Å²) in [7, 11) is -3.79. The molecule has 8 nitrogen and oxygen atoms in total. The molecule has 0 saturated carbocycles. The standard InChI is InChI=1S/C16H16FN5O3S/c1-11-18-16-14(7-4-8-21(16)20-11)19-15(23)10-22(26(2,24)25)13-6-3-5-12(17)9-13/h3-9H,10H2,1-2H3,(H,19,23). The van der Waals surface area contributed by atoms with Crippen LogP contribution >= 0.6 is 0 Å². The van der Waals surface area contributed by atoms with Crippen LogP contribution < -0.4 is 9.62 Å². The van der Waals surface area contributed by atoms with Gasteiger partial charge in [-0.2, -0.15) is 5.10 Å². The number of nitrogens with zero attached hydrogens (tertiary/aromatic N) is 4. The molecule has 0 aliphatic heterocycles. The van der Waals surface area contributed by atoms with Crippen molar-refractivity contribution in [3.05, 3.63) is 54.2 Å². The molecule has 3 aromatic rings. The Kier molecular flexibility index (Phi) is 4.60. The molecular formula is C16H16FN5O3S. The molecule has 0 radical (unpaired) electrons. The van der Waals surface area contributed by atoms with E-state index in [0.29, 0.717) is 17.2 Å². The van der Waals surface area contributed by atoms with Crippen molar-refractivity contribution in [3.63, 3.8) is 0 Å². The van der Waals surface area contributed by atoms with E-state index < -0.39 is 28.3 Å². The number of aromatic nitrogens is 3. The largest absolute Gasteiger partial charge is 0.321 e. The van der Waals surface area contributed by atoms with Crippen molar-refractivity contribution < 1.29 is 17.6 Å². The third-order valence-electron chi connectivity index (χ3n) is 3.53. The number of pyridine rings is 1. The lowest BCUT2D eigenvalue weighted by Crippen LogP contribution is -2.37. The van der Waals surface area contributed by atoms with Crippen LogP contribution in [0.4, 0.5) is 15.8 Å². The van der Waals surface area contributed by atoms with E-state index >= 15 is 0 Å². The number of aryl methyl sites for hydroxylation is 1. The van der Waals surface area contributed by atoms with Crippen LogP contribution in [0.5, 0.6) is 0 Å². The molecule has 0 aliphatic carbocycles. The van der Waals surface area contributed by atoms with E-state index in [2.05, 4.69) is 15.4 Å². The van der Waals surface area contributed by atoms with E-state index in [0.717, 1.165) is 16.6 Å². The molecule has 0 spiro atoms. The minimum atomic E-state index is -3.79. The Morgan fingerprint density at radius 3 is 2.77 bits per heavy atom. The minimum Gasteiger partial charge on any atom is -0.321 e. The first-order valence-electron chi connectivity index (χ1n) is 7.59. The van der Waals surface area contributed by atoms with Crippen molar-refractivity contribution in [1.82, 2.24) is 14.6 Å². The summed E-state index contributed by atoms with van der Waals surface area (Å²) >= 11 is 0. The molecule has 0 unspecified atom stereocenters. The summed E-state index contributed by atoms with van der Waals surface area (Å²) in [6.45, 7) is 1.21. The average molecular weight is 377 g/mol. The molecule has 1 N–H and O–H groups in total. The van der Waals surface area contributed by atoms with Gasteiger partial charge in [-0.25, -0.2) is 22.3 Å². The Bertz CT molecular complexity index is 1080. The lowest BCUT2D eigenvalue weighted by Gasteiger charge is -2.21. The van der Waals surface area contributed by atoms with E-state index in [-0.39, 0.29) is 5.69 Å². The van der Waals surface area contributed by atoms with Crippen LogP contribution in [0, 0.1) is 12.7 Å². The SMILES string of the molecule is Cc1nc2c(NC(=O)CN(c3cccc(F)c3)S(C)(=O)=O)cccn2n1. The smallest absolute Gasteiger partial charge is 0.245 e. The molecule has 0 atom stereocenters. The number of carbonyl (C=O) groups is 1. The monoisotopic (exact) mass is 377 g/mol. The zero-order valence-corrected chi connectivity index (χ0v) is 14.9. The summed E-state index contributed by atoms with van der Waals surface area (Å²) < 4.78 is 39.9. The van der Waals surface area contributed by atoms with Crippen molar-refractivity contribution >= 4 is 33.0 Å². The van der Waals surface area contributed by atoms with Gasteiger partial charge in [-0.05, 0) is 37.3 Å². The number of fused-ring (bicyclic) bond motifs is 1. The first-order chi connectivity index (χ1) is 12.2. The predicted octanol–water partition coefficient (Wildman–Crippen LogP) is 1.58. The zero-order valence-electron chi connectivity index (χ0n) is 14.0. The van der Waals surface area contributed by atoms with Gasteiger partial charge in [0.15, 0.2) is 5.65 Å². The number of halogens is 1. The topological polar surface area (TPSA) is 96.7 Å². The number of sulfonamides is 1. The molecular weight excluding hydrogens is 361 g/mol. The van der Waals surface area contributed by atoms with E-state index in [1.807, 2.05) is 0 Å². The van der Waals surface area contributed by atoms with Gasteiger partial charge in [0.1, 0.15) is 18.2 Å². The quantitative estimate of drug-likeness (QED) is 0.728. The molecule has 10 heteroatoms. The van der Waals surface area contributed by atoms with Gasteiger partial charge >= 0.3 is 0 Å². The fraction of sp³-hybridized carbons (Fsp3) is 0.188. The van der Waals surface area contributed by atoms with E-state index in [9.17, 15) is 17.6 Å².